The Balaban J connectivity index is 3.10. The van der Waals surface area contributed by atoms with Crippen molar-refractivity contribution >= 4 is 5.97 Å². The summed E-state index contributed by atoms with van der Waals surface area (Å²) in [5.41, 5.74) is 0. The molecule has 0 aromatic rings. The number of carbonyl (C=O) groups excluding carboxylic acids is 1. The molecule has 0 unspecified atom stereocenters. The number of hydrogen-bond acceptors (Lipinski definition) is 3. The van der Waals surface area contributed by atoms with Crippen LogP contribution >= 0.6 is 0 Å². The average molecular weight is 169 g/mol. The maximum atomic E-state index is 10.6. The summed E-state index contributed by atoms with van der Waals surface area (Å²) >= 11 is 0. The molecule has 0 radical (unpaired) electrons. The minimum Gasteiger partial charge on any atom is -0.351 e. The Hall–Kier alpha value is -1.04. The third kappa shape index (κ3) is 7.07. The van der Waals surface area contributed by atoms with Crippen LogP contribution < -0.4 is 0 Å². The molecule has 3 heteroatoms. The van der Waals surface area contributed by atoms with Crippen molar-refractivity contribution in [2.24, 2.45) is 0 Å². The lowest BCUT2D eigenvalue weighted by Crippen LogP contribution is -1.98. The molecule has 0 aliphatic rings. The number of nitriles is 1. The van der Waals surface area contributed by atoms with Crippen molar-refractivity contribution in [3.63, 3.8) is 0 Å². The van der Waals surface area contributed by atoms with Crippen LogP contribution in [0.25, 0.3) is 0 Å². The number of carbonyl (C=O) groups is 1. The van der Waals surface area contributed by atoms with Gasteiger partial charge in [-0.1, -0.05) is 32.6 Å². The molecule has 0 aliphatic heterocycles. The Kier molecular flexibility index (Phi) is 7.36. The van der Waals surface area contributed by atoms with E-state index in [1.54, 1.807) is 0 Å². The third-order valence-corrected chi connectivity index (χ3v) is 1.64. The van der Waals surface area contributed by atoms with Crippen LogP contribution in [0.15, 0.2) is 0 Å². The molecule has 0 amide bonds. The Bertz CT molecular complexity index is 160. The monoisotopic (exact) mass is 169 g/mol. The highest BCUT2D eigenvalue weighted by molar-refractivity contribution is 5.70. The van der Waals surface area contributed by atoms with Gasteiger partial charge in [-0.3, -0.25) is 4.79 Å². The fourth-order valence-corrected chi connectivity index (χ4v) is 0.975. The van der Waals surface area contributed by atoms with Gasteiger partial charge in [-0.2, -0.15) is 0 Å². The Morgan fingerprint density at radius 3 is 2.58 bits per heavy atom. The molecule has 0 aromatic carbocycles. The molecule has 68 valence electrons. The molecule has 0 atom stereocenters. The van der Waals surface area contributed by atoms with Gasteiger partial charge in [0.15, 0.2) is 0 Å². The van der Waals surface area contributed by atoms with Crippen molar-refractivity contribution in [1.82, 2.24) is 0 Å². The van der Waals surface area contributed by atoms with E-state index in [-0.39, 0.29) is 0 Å². The number of ether oxygens (including phenoxy) is 1. The average Bonchev–Trinajstić information content (AvgIpc) is 2.05. The SMILES string of the molecule is CCCCCCCC(=O)OC#N. The maximum absolute atomic E-state index is 10.6. The van der Waals surface area contributed by atoms with Gasteiger partial charge in [-0.15, -0.1) is 5.26 Å². The van der Waals surface area contributed by atoms with Crippen molar-refractivity contribution in [2.45, 2.75) is 45.4 Å². The minimum atomic E-state index is -0.408. The van der Waals surface area contributed by atoms with Crippen molar-refractivity contribution in [3.8, 4) is 6.26 Å². The molecule has 0 aromatic heterocycles. The molecule has 0 heterocycles. The first kappa shape index (κ1) is 11.0. The van der Waals surface area contributed by atoms with Gasteiger partial charge in [-0.05, 0) is 6.42 Å². The normalized spacial score (nSPS) is 9.00. The van der Waals surface area contributed by atoms with Crippen LogP contribution in [0.1, 0.15) is 45.4 Å². The smallest absolute Gasteiger partial charge is 0.321 e. The number of unbranched alkanes of at least 4 members (excludes halogenated alkanes) is 4. The molecular formula is C9H15NO2. The number of rotatable bonds is 6. The van der Waals surface area contributed by atoms with Gasteiger partial charge in [-0.25, -0.2) is 0 Å². The van der Waals surface area contributed by atoms with Crippen LogP contribution in [0.4, 0.5) is 0 Å². The van der Waals surface area contributed by atoms with E-state index in [4.69, 9.17) is 5.26 Å². The van der Waals surface area contributed by atoms with E-state index < -0.39 is 5.97 Å². The van der Waals surface area contributed by atoms with Gasteiger partial charge in [0.2, 0.25) is 0 Å². The van der Waals surface area contributed by atoms with Gasteiger partial charge in [0, 0.05) is 6.42 Å². The van der Waals surface area contributed by atoms with E-state index in [2.05, 4.69) is 11.7 Å². The van der Waals surface area contributed by atoms with Crippen molar-refractivity contribution in [3.05, 3.63) is 0 Å². The fourth-order valence-electron chi connectivity index (χ4n) is 0.975. The second-order valence-electron chi connectivity index (χ2n) is 2.73. The third-order valence-electron chi connectivity index (χ3n) is 1.64. The van der Waals surface area contributed by atoms with Crippen LogP contribution in [0.5, 0.6) is 0 Å². The number of nitrogens with zero attached hydrogens (tertiary/aromatic N) is 1. The zero-order valence-corrected chi connectivity index (χ0v) is 7.51. The second kappa shape index (κ2) is 8.06. The summed E-state index contributed by atoms with van der Waals surface area (Å²) in [6.07, 6.45) is 7.20. The van der Waals surface area contributed by atoms with Gasteiger partial charge in [0.25, 0.3) is 6.26 Å². The second-order valence-corrected chi connectivity index (χ2v) is 2.73. The van der Waals surface area contributed by atoms with Crippen LogP contribution in [0.2, 0.25) is 0 Å². The standard InChI is InChI=1S/C9H15NO2/c1-2-3-4-5-6-7-9(11)12-8-10/h2-7H2,1H3. The molecule has 0 fully saturated rings. The lowest BCUT2D eigenvalue weighted by molar-refractivity contribution is -0.137. The number of esters is 1. The van der Waals surface area contributed by atoms with E-state index in [0.29, 0.717) is 6.42 Å². The van der Waals surface area contributed by atoms with E-state index in [1.807, 2.05) is 0 Å². The van der Waals surface area contributed by atoms with E-state index in [1.165, 1.54) is 19.1 Å². The van der Waals surface area contributed by atoms with E-state index in [9.17, 15) is 4.79 Å². The molecule has 0 aliphatic carbocycles. The van der Waals surface area contributed by atoms with Gasteiger partial charge < -0.3 is 4.74 Å². The quantitative estimate of drug-likeness (QED) is 0.348. The first-order chi connectivity index (χ1) is 5.81. The molecule has 0 N–H and O–H groups in total. The summed E-state index contributed by atoms with van der Waals surface area (Å²) in [6.45, 7) is 2.14. The molecule has 0 saturated heterocycles. The molecule has 3 nitrogen and oxygen atoms in total. The van der Waals surface area contributed by atoms with Crippen molar-refractivity contribution in [1.29, 1.82) is 5.26 Å². The largest absolute Gasteiger partial charge is 0.351 e. The Labute approximate surface area is 73.3 Å². The summed E-state index contributed by atoms with van der Waals surface area (Å²) < 4.78 is 4.12. The maximum Gasteiger partial charge on any atom is 0.321 e. The van der Waals surface area contributed by atoms with E-state index >= 15 is 0 Å². The lowest BCUT2D eigenvalue weighted by Gasteiger charge is -1.96. The van der Waals surface area contributed by atoms with Crippen molar-refractivity contribution in [2.75, 3.05) is 0 Å². The molecule has 0 spiro atoms. The predicted octanol–water partition coefficient (Wildman–Crippen LogP) is 2.37. The number of hydrogen-bond donors (Lipinski definition) is 0. The van der Waals surface area contributed by atoms with E-state index in [0.717, 1.165) is 19.3 Å². The summed E-state index contributed by atoms with van der Waals surface area (Å²) in [5, 5.41) is 7.98. The summed E-state index contributed by atoms with van der Waals surface area (Å²) in [6, 6.07) is 0. The van der Waals surface area contributed by atoms with Crippen LogP contribution in [0, 0.1) is 11.5 Å². The van der Waals surface area contributed by atoms with Gasteiger partial charge >= 0.3 is 5.97 Å². The summed E-state index contributed by atoms with van der Waals surface area (Å²) in [4.78, 5) is 10.6. The highest BCUT2D eigenvalue weighted by Gasteiger charge is 2.00. The lowest BCUT2D eigenvalue weighted by atomic mass is 10.1. The fraction of sp³-hybridized carbons (Fsp3) is 0.778. The highest BCUT2D eigenvalue weighted by Crippen LogP contribution is 2.05. The van der Waals surface area contributed by atoms with Crippen LogP contribution in [-0.4, -0.2) is 5.97 Å². The molecule has 0 saturated carbocycles. The first-order valence-corrected chi connectivity index (χ1v) is 4.40. The Morgan fingerprint density at radius 1 is 1.33 bits per heavy atom. The van der Waals surface area contributed by atoms with Crippen LogP contribution in [-0.2, 0) is 9.53 Å². The first-order valence-electron chi connectivity index (χ1n) is 4.40. The highest BCUT2D eigenvalue weighted by atomic mass is 16.5. The zero-order chi connectivity index (χ0) is 9.23. The topological polar surface area (TPSA) is 50.1 Å². The summed E-state index contributed by atoms with van der Waals surface area (Å²) in [5.74, 6) is -0.408. The predicted molar refractivity (Wildman–Crippen MR) is 45.1 cm³/mol. The molecule has 0 rings (SSSR count). The summed E-state index contributed by atoms with van der Waals surface area (Å²) in [7, 11) is 0. The zero-order valence-electron chi connectivity index (χ0n) is 7.51. The van der Waals surface area contributed by atoms with Gasteiger partial charge in [0.05, 0.1) is 0 Å². The van der Waals surface area contributed by atoms with Gasteiger partial charge in [0.1, 0.15) is 0 Å². The molecular weight excluding hydrogens is 154 g/mol. The molecule has 0 bridgehead atoms. The van der Waals surface area contributed by atoms with Crippen LogP contribution in [0.3, 0.4) is 0 Å². The minimum absolute atomic E-state index is 0.372. The van der Waals surface area contributed by atoms with Crippen molar-refractivity contribution < 1.29 is 9.53 Å². The molecule has 12 heavy (non-hydrogen) atoms. The Morgan fingerprint density at radius 2 is 2.00 bits per heavy atom.